The van der Waals surface area contributed by atoms with Gasteiger partial charge in [0.1, 0.15) is 0 Å². The van der Waals surface area contributed by atoms with Crippen molar-refractivity contribution in [2.24, 2.45) is 0 Å². The summed E-state index contributed by atoms with van der Waals surface area (Å²) in [6, 6.07) is -0.0641. The van der Waals surface area contributed by atoms with Crippen LogP contribution in [0, 0.1) is 0 Å². The molecule has 19 heavy (non-hydrogen) atoms. The van der Waals surface area contributed by atoms with E-state index in [9.17, 15) is 13.2 Å². The summed E-state index contributed by atoms with van der Waals surface area (Å²) in [5, 5.41) is 9.15. The second-order valence-electron chi connectivity index (χ2n) is 5.06. The second kappa shape index (κ2) is 7.21. The van der Waals surface area contributed by atoms with Crippen LogP contribution in [0.2, 0.25) is 0 Å². The first-order valence-electron chi connectivity index (χ1n) is 6.80. The highest BCUT2D eigenvalue weighted by molar-refractivity contribution is 7.89. The average Bonchev–Trinajstić information content (AvgIpc) is 2.36. The zero-order valence-corrected chi connectivity index (χ0v) is 12.4. The van der Waals surface area contributed by atoms with Gasteiger partial charge in [0.05, 0.1) is 11.9 Å². The lowest BCUT2D eigenvalue weighted by Crippen LogP contribution is -2.46. The second-order valence-corrected chi connectivity index (χ2v) is 7.11. The number of aliphatic hydroxyl groups excluding tert-OH is 1. The van der Waals surface area contributed by atoms with Crippen LogP contribution in [-0.2, 0) is 14.8 Å². The first-order chi connectivity index (χ1) is 8.84. The Hall–Kier alpha value is -0.660. The van der Waals surface area contributed by atoms with Crippen LogP contribution in [0.25, 0.3) is 0 Å². The van der Waals surface area contributed by atoms with Gasteiger partial charge in [0, 0.05) is 25.6 Å². The van der Waals surface area contributed by atoms with Gasteiger partial charge in [-0.1, -0.05) is 0 Å². The Bertz CT molecular complexity index is 387. The number of hydrogen-bond donors (Lipinski definition) is 2. The van der Waals surface area contributed by atoms with Crippen LogP contribution in [0.3, 0.4) is 0 Å². The summed E-state index contributed by atoms with van der Waals surface area (Å²) in [6.45, 7) is 4.43. The number of carbonyl (C=O) groups is 1. The van der Waals surface area contributed by atoms with Crippen molar-refractivity contribution in [3.63, 3.8) is 0 Å². The van der Waals surface area contributed by atoms with Crippen LogP contribution < -0.4 is 4.72 Å². The molecule has 0 saturated carbocycles. The number of hydrogen-bond acceptors (Lipinski definition) is 4. The monoisotopic (exact) mass is 292 g/mol. The van der Waals surface area contributed by atoms with Crippen LogP contribution in [0.1, 0.15) is 39.5 Å². The van der Waals surface area contributed by atoms with Gasteiger partial charge in [-0.3, -0.25) is 4.79 Å². The summed E-state index contributed by atoms with van der Waals surface area (Å²) in [6.07, 6.45) is 1.67. The molecule has 0 radical (unpaired) electrons. The number of nitrogens with zero attached hydrogens (tertiary/aromatic N) is 1. The molecule has 0 aromatic heterocycles. The third-order valence-corrected chi connectivity index (χ3v) is 4.80. The van der Waals surface area contributed by atoms with E-state index in [1.807, 2.05) is 0 Å². The van der Waals surface area contributed by atoms with Gasteiger partial charge in [0.25, 0.3) is 0 Å². The summed E-state index contributed by atoms with van der Waals surface area (Å²) in [4.78, 5) is 13.6. The van der Waals surface area contributed by atoms with Crippen molar-refractivity contribution in [1.82, 2.24) is 9.62 Å². The SMILES string of the molecule is CCS(=O)(=O)NC1CCN(C(=O)CCC(C)O)CC1. The first-order valence-corrected chi connectivity index (χ1v) is 8.45. The molecule has 1 fully saturated rings. The molecule has 1 aliphatic heterocycles. The lowest BCUT2D eigenvalue weighted by molar-refractivity contribution is -0.132. The number of amides is 1. The molecule has 1 heterocycles. The van der Waals surface area contributed by atoms with Gasteiger partial charge < -0.3 is 10.0 Å². The molecule has 0 bridgehead atoms. The fourth-order valence-corrected chi connectivity index (χ4v) is 2.98. The van der Waals surface area contributed by atoms with Crippen LogP contribution in [0.4, 0.5) is 0 Å². The number of aliphatic hydroxyl groups is 1. The Morgan fingerprint density at radius 3 is 2.47 bits per heavy atom. The average molecular weight is 292 g/mol. The van der Waals surface area contributed by atoms with Crippen molar-refractivity contribution >= 4 is 15.9 Å². The fraction of sp³-hybridized carbons (Fsp3) is 0.917. The number of sulfonamides is 1. The number of likely N-dealkylation sites (tertiary alicyclic amines) is 1. The Morgan fingerprint density at radius 1 is 1.42 bits per heavy atom. The van der Waals surface area contributed by atoms with E-state index in [0.717, 1.165) is 0 Å². The maximum absolute atomic E-state index is 11.8. The molecular formula is C12H24N2O4S. The van der Waals surface area contributed by atoms with Gasteiger partial charge in [-0.2, -0.15) is 0 Å². The highest BCUT2D eigenvalue weighted by atomic mass is 32.2. The van der Waals surface area contributed by atoms with Crippen LogP contribution in [0.5, 0.6) is 0 Å². The molecule has 0 aromatic carbocycles. The Labute approximate surface area is 115 Å². The third kappa shape index (κ3) is 5.88. The van der Waals surface area contributed by atoms with Crippen LogP contribution in [-0.4, -0.2) is 55.3 Å². The van der Waals surface area contributed by atoms with Crippen molar-refractivity contribution in [3.05, 3.63) is 0 Å². The number of carbonyl (C=O) groups excluding carboxylic acids is 1. The van der Waals surface area contributed by atoms with Crippen molar-refractivity contribution in [3.8, 4) is 0 Å². The van der Waals surface area contributed by atoms with Crippen molar-refractivity contribution in [2.75, 3.05) is 18.8 Å². The molecule has 1 atom stereocenters. The predicted octanol–water partition coefficient (Wildman–Crippen LogP) is 0.0777. The molecule has 1 amide bonds. The lowest BCUT2D eigenvalue weighted by atomic mass is 10.1. The zero-order chi connectivity index (χ0) is 14.5. The van der Waals surface area contributed by atoms with E-state index >= 15 is 0 Å². The topological polar surface area (TPSA) is 86.7 Å². The summed E-state index contributed by atoms with van der Waals surface area (Å²) >= 11 is 0. The molecule has 2 N–H and O–H groups in total. The third-order valence-electron chi connectivity index (χ3n) is 3.35. The minimum atomic E-state index is -3.16. The van der Waals surface area contributed by atoms with E-state index in [1.54, 1.807) is 18.7 Å². The molecule has 0 aromatic rings. The van der Waals surface area contributed by atoms with Gasteiger partial charge in [0.2, 0.25) is 15.9 Å². The van der Waals surface area contributed by atoms with Crippen LogP contribution in [0.15, 0.2) is 0 Å². The maximum atomic E-state index is 11.8. The van der Waals surface area contributed by atoms with Gasteiger partial charge in [-0.15, -0.1) is 0 Å². The highest BCUT2D eigenvalue weighted by Crippen LogP contribution is 2.13. The first kappa shape index (κ1) is 16.4. The molecule has 7 heteroatoms. The normalized spacial score (nSPS) is 19.4. The predicted molar refractivity (Wildman–Crippen MR) is 73.1 cm³/mol. The summed E-state index contributed by atoms with van der Waals surface area (Å²) < 4.78 is 25.5. The van der Waals surface area contributed by atoms with E-state index in [2.05, 4.69) is 4.72 Å². The fourth-order valence-electron chi connectivity index (χ4n) is 2.07. The molecule has 0 spiro atoms. The number of rotatable bonds is 6. The summed E-state index contributed by atoms with van der Waals surface area (Å²) in [7, 11) is -3.16. The highest BCUT2D eigenvalue weighted by Gasteiger charge is 2.25. The minimum absolute atomic E-state index is 0.0395. The molecule has 1 rings (SSSR count). The van der Waals surface area contributed by atoms with Gasteiger partial charge in [0.15, 0.2) is 0 Å². The number of nitrogens with one attached hydrogen (secondary N) is 1. The van der Waals surface area contributed by atoms with Crippen molar-refractivity contribution in [2.45, 2.75) is 51.7 Å². The van der Waals surface area contributed by atoms with E-state index in [0.29, 0.717) is 38.8 Å². The Morgan fingerprint density at radius 2 is 2.00 bits per heavy atom. The quantitative estimate of drug-likeness (QED) is 0.726. The molecule has 1 aliphatic rings. The molecular weight excluding hydrogens is 268 g/mol. The van der Waals surface area contributed by atoms with E-state index in [1.165, 1.54) is 0 Å². The molecule has 112 valence electrons. The van der Waals surface area contributed by atoms with E-state index in [4.69, 9.17) is 5.11 Å². The van der Waals surface area contributed by atoms with Crippen molar-refractivity contribution in [1.29, 1.82) is 0 Å². The summed E-state index contributed by atoms with van der Waals surface area (Å²) in [5.41, 5.74) is 0. The van der Waals surface area contributed by atoms with Crippen molar-refractivity contribution < 1.29 is 18.3 Å². The molecule has 1 unspecified atom stereocenters. The standard InChI is InChI=1S/C12H24N2O4S/c1-3-19(17,18)13-11-6-8-14(9-7-11)12(16)5-4-10(2)15/h10-11,13,15H,3-9H2,1-2H3. The van der Waals surface area contributed by atoms with Gasteiger partial charge in [-0.05, 0) is 33.1 Å². The zero-order valence-electron chi connectivity index (χ0n) is 11.6. The van der Waals surface area contributed by atoms with E-state index < -0.39 is 16.1 Å². The number of piperidine rings is 1. The molecule has 1 saturated heterocycles. The molecule has 0 aliphatic carbocycles. The van der Waals surface area contributed by atoms with Gasteiger partial charge >= 0.3 is 0 Å². The maximum Gasteiger partial charge on any atom is 0.222 e. The minimum Gasteiger partial charge on any atom is -0.393 e. The van der Waals surface area contributed by atoms with Crippen LogP contribution >= 0.6 is 0 Å². The Balaban J connectivity index is 2.34. The molecule has 6 nitrogen and oxygen atoms in total. The van der Waals surface area contributed by atoms with Gasteiger partial charge in [-0.25, -0.2) is 13.1 Å². The Kier molecular flexibility index (Phi) is 6.22. The smallest absolute Gasteiger partial charge is 0.222 e. The lowest BCUT2D eigenvalue weighted by Gasteiger charge is -2.32. The summed E-state index contributed by atoms with van der Waals surface area (Å²) in [5.74, 6) is 0.123. The largest absolute Gasteiger partial charge is 0.393 e. The van der Waals surface area contributed by atoms with E-state index in [-0.39, 0.29) is 17.7 Å².